The standard InChI is InChI=1S/C18H22N4O3S/c23-16(19-13-5-6-13)11-21-7-9-22(10-8-21)17(24)12-26-18-20-14-3-1-2-4-15(14)25-18/h1-4,13H,5-12H2,(H,19,23). The highest BCUT2D eigenvalue weighted by Gasteiger charge is 2.26. The van der Waals surface area contributed by atoms with Crippen molar-refractivity contribution in [1.82, 2.24) is 20.1 Å². The third-order valence-corrected chi connectivity index (χ3v) is 5.44. The molecule has 0 unspecified atom stereocenters. The van der Waals surface area contributed by atoms with Crippen LogP contribution in [-0.2, 0) is 9.59 Å². The smallest absolute Gasteiger partial charge is 0.257 e. The Bertz CT molecular complexity index is 764. The number of nitrogens with zero attached hydrogens (tertiary/aromatic N) is 3. The van der Waals surface area contributed by atoms with E-state index in [2.05, 4.69) is 15.2 Å². The van der Waals surface area contributed by atoms with Crippen LogP contribution in [0, 0.1) is 0 Å². The average molecular weight is 374 g/mol. The van der Waals surface area contributed by atoms with Crippen LogP contribution >= 0.6 is 11.8 Å². The summed E-state index contributed by atoms with van der Waals surface area (Å²) >= 11 is 1.33. The van der Waals surface area contributed by atoms with E-state index in [1.807, 2.05) is 29.2 Å². The molecule has 1 saturated carbocycles. The molecule has 1 aliphatic carbocycles. The molecule has 1 N–H and O–H groups in total. The van der Waals surface area contributed by atoms with Crippen molar-refractivity contribution in [3.8, 4) is 0 Å². The Morgan fingerprint density at radius 1 is 1.19 bits per heavy atom. The van der Waals surface area contributed by atoms with Crippen molar-refractivity contribution in [1.29, 1.82) is 0 Å². The van der Waals surface area contributed by atoms with Crippen LogP contribution in [0.1, 0.15) is 12.8 Å². The first kappa shape index (κ1) is 17.4. The van der Waals surface area contributed by atoms with E-state index in [0.29, 0.717) is 36.7 Å². The van der Waals surface area contributed by atoms with Crippen LogP contribution in [-0.4, -0.2) is 71.1 Å². The predicted molar refractivity (Wildman–Crippen MR) is 98.9 cm³/mol. The van der Waals surface area contributed by atoms with E-state index in [1.54, 1.807) is 0 Å². The minimum atomic E-state index is 0.0827. The summed E-state index contributed by atoms with van der Waals surface area (Å²) in [6.07, 6.45) is 2.21. The van der Waals surface area contributed by atoms with Gasteiger partial charge in [-0.05, 0) is 25.0 Å². The Kier molecular flexibility index (Phi) is 5.12. The van der Waals surface area contributed by atoms with Gasteiger partial charge in [0.2, 0.25) is 11.8 Å². The number of amides is 2. The summed E-state index contributed by atoms with van der Waals surface area (Å²) < 4.78 is 5.63. The molecule has 4 rings (SSSR count). The average Bonchev–Trinajstić information content (AvgIpc) is 3.35. The van der Waals surface area contributed by atoms with Crippen molar-refractivity contribution in [3.63, 3.8) is 0 Å². The van der Waals surface area contributed by atoms with Crippen LogP contribution in [0.25, 0.3) is 11.1 Å². The summed E-state index contributed by atoms with van der Waals surface area (Å²) in [6.45, 7) is 3.21. The van der Waals surface area contributed by atoms with E-state index in [4.69, 9.17) is 4.42 Å². The van der Waals surface area contributed by atoms with Gasteiger partial charge in [-0.1, -0.05) is 23.9 Å². The van der Waals surface area contributed by atoms with E-state index < -0.39 is 0 Å². The molecule has 8 heteroatoms. The molecule has 2 aromatic rings. The lowest BCUT2D eigenvalue weighted by Gasteiger charge is -2.34. The van der Waals surface area contributed by atoms with Crippen LogP contribution in [0.5, 0.6) is 0 Å². The number of nitrogens with one attached hydrogen (secondary N) is 1. The Morgan fingerprint density at radius 3 is 2.69 bits per heavy atom. The molecule has 1 aromatic carbocycles. The summed E-state index contributed by atoms with van der Waals surface area (Å²) in [5.41, 5.74) is 1.54. The lowest BCUT2D eigenvalue weighted by molar-refractivity contribution is -0.130. The number of rotatable bonds is 6. The number of carbonyl (C=O) groups excluding carboxylic acids is 2. The zero-order valence-corrected chi connectivity index (χ0v) is 15.3. The molecule has 0 radical (unpaired) electrons. The first-order valence-electron chi connectivity index (χ1n) is 8.95. The first-order chi connectivity index (χ1) is 12.7. The number of para-hydroxylation sites is 2. The molecular formula is C18H22N4O3S. The van der Waals surface area contributed by atoms with Crippen molar-refractivity contribution >= 4 is 34.7 Å². The third kappa shape index (κ3) is 4.37. The maximum absolute atomic E-state index is 12.4. The Labute approximate surface area is 156 Å². The maximum Gasteiger partial charge on any atom is 0.257 e. The summed E-state index contributed by atoms with van der Waals surface area (Å²) in [6, 6.07) is 7.97. The van der Waals surface area contributed by atoms with Gasteiger partial charge in [0.1, 0.15) is 5.52 Å². The molecule has 7 nitrogen and oxygen atoms in total. The second kappa shape index (κ2) is 7.67. The van der Waals surface area contributed by atoms with Crippen molar-refractivity contribution in [2.75, 3.05) is 38.5 Å². The van der Waals surface area contributed by atoms with E-state index in [-0.39, 0.29) is 11.8 Å². The maximum atomic E-state index is 12.4. The molecule has 0 bridgehead atoms. The number of thioether (sulfide) groups is 1. The van der Waals surface area contributed by atoms with Gasteiger partial charge in [0.25, 0.3) is 5.22 Å². The minimum absolute atomic E-state index is 0.0827. The first-order valence-corrected chi connectivity index (χ1v) is 9.94. The molecular weight excluding hydrogens is 352 g/mol. The number of hydrogen-bond donors (Lipinski definition) is 1. The molecule has 26 heavy (non-hydrogen) atoms. The van der Waals surface area contributed by atoms with Crippen LogP contribution in [0.15, 0.2) is 33.9 Å². The second-order valence-electron chi connectivity index (χ2n) is 6.73. The fourth-order valence-corrected chi connectivity index (χ4v) is 3.73. The summed E-state index contributed by atoms with van der Waals surface area (Å²) in [4.78, 5) is 32.6. The molecule has 0 spiro atoms. The molecule has 1 aliphatic heterocycles. The quantitative estimate of drug-likeness (QED) is 0.769. The second-order valence-corrected chi connectivity index (χ2v) is 7.66. The summed E-state index contributed by atoms with van der Waals surface area (Å²) in [7, 11) is 0. The SMILES string of the molecule is O=C(CN1CCN(C(=O)CSc2nc3ccccc3o2)CC1)NC1CC1. The topological polar surface area (TPSA) is 78.7 Å². The molecule has 2 heterocycles. The van der Waals surface area contributed by atoms with E-state index in [0.717, 1.165) is 37.0 Å². The fourth-order valence-electron chi connectivity index (χ4n) is 2.99. The zero-order valence-electron chi connectivity index (χ0n) is 14.5. The van der Waals surface area contributed by atoms with Crippen LogP contribution in [0.2, 0.25) is 0 Å². The minimum Gasteiger partial charge on any atom is -0.431 e. The number of fused-ring (bicyclic) bond motifs is 1. The molecule has 2 aliphatic rings. The van der Waals surface area contributed by atoms with Gasteiger partial charge >= 0.3 is 0 Å². The lowest BCUT2D eigenvalue weighted by Crippen LogP contribution is -2.51. The number of oxazole rings is 1. The van der Waals surface area contributed by atoms with Gasteiger partial charge in [-0.3, -0.25) is 14.5 Å². The zero-order chi connectivity index (χ0) is 17.9. The fraction of sp³-hybridized carbons (Fsp3) is 0.500. The van der Waals surface area contributed by atoms with Crippen LogP contribution in [0.3, 0.4) is 0 Å². The van der Waals surface area contributed by atoms with Crippen LogP contribution < -0.4 is 5.32 Å². The number of aromatic nitrogens is 1. The number of carbonyl (C=O) groups is 2. The van der Waals surface area contributed by atoms with Gasteiger partial charge in [-0.25, -0.2) is 4.98 Å². The molecule has 138 valence electrons. The normalized spacial score (nSPS) is 18.2. The Hall–Kier alpha value is -2.06. The largest absolute Gasteiger partial charge is 0.431 e. The molecule has 1 aromatic heterocycles. The van der Waals surface area contributed by atoms with Gasteiger partial charge in [0, 0.05) is 32.2 Å². The van der Waals surface area contributed by atoms with E-state index >= 15 is 0 Å². The van der Waals surface area contributed by atoms with Crippen molar-refractivity contribution in [3.05, 3.63) is 24.3 Å². The monoisotopic (exact) mass is 374 g/mol. The molecule has 1 saturated heterocycles. The highest BCUT2D eigenvalue weighted by Crippen LogP contribution is 2.23. The third-order valence-electron chi connectivity index (χ3n) is 4.63. The molecule has 0 atom stereocenters. The Balaban J connectivity index is 1.21. The Morgan fingerprint density at radius 2 is 1.96 bits per heavy atom. The molecule has 2 fully saturated rings. The summed E-state index contributed by atoms with van der Waals surface area (Å²) in [5, 5.41) is 3.53. The highest BCUT2D eigenvalue weighted by atomic mass is 32.2. The lowest BCUT2D eigenvalue weighted by atomic mass is 10.3. The van der Waals surface area contributed by atoms with Gasteiger partial charge in [-0.2, -0.15) is 0 Å². The van der Waals surface area contributed by atoms with Crippen molar-refractivity contribution < 1.29 is 14.0 Å². The van der Waals surface area contributed by atoms with Gasteiger partial charge in [0.05, 0.1) is 12.3 Å². The van der Waals surface area contributed by atoms with Crippen molar-refractivity contribution in [2.24, 2.45) is 0 Å². The van der Waals surface area contributed by atoms with Crippen molar-refractivity contribution in [2.45, 2.75) is 24.1 Å². The van der Waals surface area contributed by atoms with Gasteiger partial charge in [0.15, 0.2) is 5.58 Å². The number of benzene rings is 1. The van der Waals surface area contributed by atoms with E-state index in [9.17, 15) is 9.59 Å². The highest BCUT2D eigenvalue weighted by molar-refractivity contribution is 7.99. The molecule has 2 amide bonds. The van der Waals surface area contributed by atoms with E-state index in [1.165, 1.54) is 11.8 Å². The number of hydrogen-bond acceptors (Lipinski definition) is 6. The summed E-state index contributed by atoms with van der Waals surface area (Å²) in [5.74, 6) is 0.493. The number of piperazine rings is 1. The van der Waals surface area contributed by atoms with Gasteiger partial charge in [-0.15, -0.1) is 0 Å². The van der Waals surface area contributed by atoms with Crippen LogP contribution in [0.4, 0.5) is 0 Å². The van der Waals surface area contributed by atoms with Gasteiger partial charge < -0.3 is 14.6 Å². The predicted octanol–water partition coefficient (Wildman–Crippen LogP) is 1.34.